The SMILES string of the molecule is NC(Cc1ccccc1)=C1C(=O)NCCCC1C(=O)O. The van der Waals surface area contributed by atoms with Crippen molar-refractivity contribution in [1.82, 2.24) is 5.32 Å². The second-order valence-electron chi connectivity index (χ2n) is 4.89. The Labute approximate surface area is 117 Å². The molecule has 1 fully saturated rings. The molecule has 20 heavy (non-hydrogen) atoms. The van der Waals surface area contributed by atoms with Crippen molar-refractivity contribution in [2.24, 2.45) is 11.7 Å². The smallest absolute Gasteiger partial charge is 0.311 e. The third kappa shape index (κ3) is 3.17. The summed E-state index contributed by atoms with van der Waals surface area (Å²) in [4.78, 5) is 23.4. The molecule has 0 saturated carbocycles. The molecule has 5 nitrogen and oxygen atoms in total. The van der Waals surface area contributed by atoms with E-state index in [0.717, 1.165) is 5.56 Å². The fourth-order valence-electron chi connectivity index (χ4n) is 2.43. The van der Waals surface area contributed by atoms with Gasteiger partial charge < -0.3 is 16.2 Å². The summed E-state index contributed by atoms with van der Waals surface area (Å²) in [6, 6.07) is 9.46. The minimum absolute atomic E-state index is 0.207. The molecular weight excluding hydrogens is 256 g/mol. The van der Waals surface area contributed by atoms with Crippen molar-refractivity contribution in [3.63, 3.8) is 0 Å². The number of rotatable bonds is 3. The van der Waals surface area contributed by atoms with Gasteiger partial charge in [0.05, 0.1) is 11.5 Å². The van der Waals surface area contributed by atoms with Crippen molar-refractivity contribution >= 4 is 11.9 Å². The first-order valence-electron chi connectivity index (χ1n) is 6.63. The van der Waals surface area contributed by atoms with Crippen LogP contribution in [0.1, 0.15) is 18.4 Å². The van der Waals surface area contributed by atoms with E-state index in [1.165, 1.54) is 0 Å². The van der Waals surface area contributed by atoms with Gasteiger partial charge in [0.15, 0.2) is 0 Å². The van der Waals surface area contributed by atoms with Gasteiger partial charge >= 0.3 is 5.97 Å². The number of carbonyl (C=O) groups excluding carboxylic acids is 1. The third-order valence-corrected chi connectivity index (χ3v) is 3.43. The maximum atomic E-state index is 12.0. The number of carbonyl (C=O) groups is 2. The van der Waals surface area contributed by atoms with Crippen LogP contribution in [0.4, 0.5) is 0 Å². The molecule has 1 heterocycles. The zero-order valence-corrected chi connectivity index (χ0v) is 11.1. The Bertz CT molecular complexity index is 537. The van der Waals surface area contributed by atoms with Crippen LogP contribution in [0.25, 0.3) is 0 Å². The van der Waals surface area contributed by atoms with Crippen LogP contribution < -0.4 is 11.1 Å². The van der Waals surface area contributed by atoms with E-state index in [2.05, 4.69) is 5.32 Å². The number of nitrogens with two attached hydrogens (primary N) is 1. The number of nitrogens with one attached hydrogen (secondary N) is 1. The molecule has 4 N–H and O–H groups in total. The molecule has 1 atom stereocenters. The Morgan fingerprint density at radius 2 is 2.05 bits per heavy atom. The van der Waals surface area contributed by atoms with Crippen LogP contribution in [-0.4, -0.2) is 23.5 Å². The van der Waals surface area contributed by atoms with Crippen LogP contribution in [0.5, 0.6) is 0 Å². The summed E-state index contributed by atoms with van der Waals surface area (Å²) >= 11 is 0. The number of benzene rings is 1. The minimum Gasteiger partial charge on any atom is -0.481 e. The second kappa shape index (κ2) is 6.23. The fraction of sp³-hybridized carbons (Fsp3) is 0.333. The second-order valence-corrected chi connectivity index (χ2v) is 4.89. The van der Waals surface area contributed by atoms with E-state index in [1.54, 1.807) is 0 Å². The lowest BCUT2D eigenvalue weighted by Gasteiger charge is -2.15. The van der Waals surface area contributed by atoms with Crippen LogP contribution in [0.3, 0.4) is 0 Å². The van der Waals surface area contributed by atoms with Crippen molar-refractivity contribution in [2.75, 3.05) is 6.54 Å². The Balaban J connectivity index is 2.34. The zero-order chi connectivity index (χ0) is 14.5. The van der Waals surface area contributed by atoms with Gasteiger partial charge in [-0.1, -0.05) is 30.3 Å². The van der Waals surface area contributed by atoms with Crippen LogP contribution in [0, 0.1) is 5.92 Å². The number of carboxylic acids is 1. The molecule has 0 radical (unpaired) electrons. The first-order chi connectivity index (χ1) is 9.59. The standard InChI is InChI=1S/C15H18N2O3/c16-12(9-10-5-2-1-3-6-10)13-11(15(19)20)7-4-8-17-14(13)18/h1-3,5-6,11H,4,7-9,16H2,(H,17,18)(H,19,20). The highest BCUT2D eigenvalue weighted by molar-refractivity contribution is 5.99. The summed E-state index contributed by atoms with van der Waals surface area (Å²) in [6.45, 7) is 0.491. The Hall–Kier alpha value is -2.30. The maximum Gasteiger partial charge on any atom is 0.311 e. The van der Waals surface area contributed by atoms with E-state index >= 15 is 0 Å². The number of aliphatic carboxylic acids is 1. The molecular formula is C15H18N2O3. The molecule has 1 aromatic carbocycles. The van der Waals surface area contributed by atoms with Gasteiger partial charge in [0.2, 0.25) is 5.91 Å². The van der Waals surface area contributed by atoms with E-state index in [-0.39, 0.29) is 11.5 Å². The number of hydrogen-bond donors (Lipinski definition) is 3. The van der Waals surface area contributed by atoms with E-state index in [0.29, 0.717) is 31.5 Å². The average molecular weight is 274 g/mol. The predicted octanol–water partition coefficient (Wildman–Crippen LogP) is 1.05. The average Bonchev–Trinajstić information content (AvgIpc) is 2.61. The zero-order valence-electron chi connectivity index (χ0n) is 11.1. The topological polar surface area (TPSA) is 92.4 Å². The van der Waals surface area contributed by atoms with Gasteiger partial charge in [0, 0.05) is 18.7 Å². The number of hydrogen-bond acceptors (Lipinski definition) is 3. The highest BCUT2D eigenvalue weighted by atomic mass is 16.4. The van der Waals surface area contributed by atoms with Crippen molar-refractivity contribution in [3.8, 4) is 0 Å². The summed E-state index contributed by atoms with van der Waals surface area (Å²) in [5.74, 6) is -2.17. The normalized spacial score (nSPS) is 21.8. The summed E-state index contributed by atoms with van der Waals surface area (Å²) in [5, 5.41) is 12.0. The number of allylic oxidation sites excluding steroid dienone is 1. The summed E-state index contributed by atoms with van der Waals surface area (Å²) in [6.07, 6.45) is 1.46. The van der Waals surface area contributed by atoms with Crippen LogP contribution in [0.2, 0.25) is 0 Å². The first-order valence-corrected chi connectivity index (χ1v) is 6.63. The highest BCUT2D eigenvalue weighted by Gasteiger charge is 2.31. The molecule has 5 heteroatoms. The summed E-state index contributed by atoms with van der Waals surface area (Å²) in [7, 11) is 0. The van der Waals surface area contributed by atoms with Gasteiger partial charge in [-0.05, 0) is 18.4 Å². The fourth-order valence-corrected chi connectivity index (χ4v) is 2.43. The Morgan fingerprint density at radius 1 is 1.35 bits per heavy atom. The summed E-state index contributed by atoms with van der Waals surface area (Å²) < 4.78 is 0. The lowest BCUT2D eigenvalue weighted by Crippen LogP contribution is -2.30. The minimum atomic E-state index is -0.993. The van der Waals surface area contributed by atoms with E-state index in [4.69, 9.17) is 5.73 Å². The highest BCUT2D eigenvalue weighted by Crippen LogP contribution is 2.23. The molecule has 1 aliphatic rings. The van der Waals surface area contributed by atoms with E-state index < -0.39 is 11.9 Å². The van der Waals surface area contributed by atoms with Crippen molar-refractivity contribution in [2.45, 2.75) is 19.3 Å². The first kappa shape index (κ1) is 14.1. The Morgan fingerprint density at radius 3 is 2.70 bits per heavy atom. The van der Waals surface area contributed by atoms with Crippen LogP contribution >= 0.6 is 0 Å². The predicted molar refractivity (Wildman–Crippen MR) is 74.7 cm³/mol. The number of amides is 1. The molecule has 0 aromatic heterocycles. The quantitative estimate of drug-likeness (QED) is 0.718. The summed E-state index contributed by atoms with van der Waals surface area (Å²) in [5.41, 5.74) is 7.52. The number of carboxylic acid groups (broad SMARTS) is 1. The monoisotopic (exact) mass is 274 g/mol. The van der Waals surface area contributed by atoms with Gasteiger partial charge in [-0.15, -0.1) is 0 Å². The molecule has 2 rings (SSSR count). The van der Waals surface area contributed by atoms with Gasteiger partial charge in [0.1, 0.15) is 0 Å². The largest absolute Gasteiger partial charge is 0.481 e. The van der Waals surface area contributed by atoms with Crippen molar-refractivity contribution in [1.29, 1.82) is 0 Å². The van der Waals surface area contributed by atoms with Crippen molar-refractivity contribution < 1.29 is 14.7 Å². The van der Waals surface area contributed by atoms with Gasteiger partial charge in [-0.25, -0.2) is 0 Å². The molecule has 1 unspecified atom stereocenters. The van der Waals surface area contributed by atoms with Crippen molar-refractivity contribution in [3.05, 3.63) is 47.2 Å². The van der Waals surface area contributed by atoms with Crippen LogP contribution in [0.15, 0.2) is 41.6 Å². The lowest BCUT2D eigenvalue weighted by molar-refractivity contribution is -0.141. The maximum absolute atomic E-state index is 12.0. The van der Waals surface area contributed by atoms with E-state index in [1.807, 2.05) is 30.3 Å². The molecule has 1 saturated heterocycles. The molecule has 0 bridgehead atoms. The molecule has 106 valence electrons. The van der Waals surface area contributed by atoms with Crippen LogP contribution in [-0.2, 0) is 16.0 Å². The van der Waals surface area contributed by atoms with Gasteiger partial charge in [0.25, 0.3) is 0 Å². The van der Waals surface area contributed by atoms with Gasteiger partial charge in [-0.3, -0.25) is 9.59 Å². The molecule has 0 aliphatic carbocycles. The Kier molecular flexibility index (Phi) is 4.40. The van der Waals surface area contributed by atoms with Gasteiger partial charge in [-0.2, -0.15) is 0 Å². The van der Waals surface area contributed by atoms with E-state index in [9.17, 15) is 14.7 Å². The molecule has 1 aromatic rings. The third-order valence-electron chi connectivity index (χ3n) is 3.43. The molecule has 0 spiro atoms. The lowest BCUT2D eigenvalue weighted by atomic mass is 9.91. The molecule has 1 amide bonds. The molecule has 1 aliphatic heterocycles.